The van der Waals surface area contributed by atoms with Crippen LogP contribution < -0.4 is 5.32 Å². The Balaban J connectivity index is 1.40. The first-order valence-electron chi connectivity index (χ1n) is 8.43. The van der Waals surface area contributed by atoms with Crippen molar-refractivity contribution in [1.29, 1.82) is 0 Å². The molecule has 2 saturated carbocycles. The standard InChI is InChI=1S/C16H26N2O3/c19-15(20)12-6-8-18(9-7-12)16(21)17-14-10-13(14)11-4-2-1-3-5-11/h11-14H,1-10H2,(H,17,21)(H,19,20)/t13-,14+/m0/s1. The van der Waals surface area contributed by atoms with Gasteiger partial charge in [0.05, 0.1) is 5.92 Å². The molecule has 0 radical (unpaired) electrons. The number of carbonyl (C=O) groups is 2. The van der Waals surface area contributed by atoms with Gasteiger partial charge in [-0.05, 0) is 31.1 Å². The number of urea groups is 1. The fraction of sp³-hybridized carbons (Fsp3) is 0.875. The maximum absolute atomic E-state index is 12.2. The largest absolute Gasteiger partial charge is 0.481 e. The monoisotopic (exact) mass is 294 g/mol. The second-order valence-electron chi connectivity index (χ2n) is 6.95. The van der Waals surface area contributed by atoms with Gasteiger partial charge in [-0.25, -0.2) is 4.79 Å². The average molecular weight is 294 g/mol. The Hall–Kier alpha value is -1.26. The summed E-state index contributed by atoms with van der Waals surface area (Å²) in [6.07, 6.45) is 9.05. The first kappa shape index (κ1) is 14.7. The van der Waals surface area contributed by atoms with E-state index in [1.807, 2.05) is 0 Å². The van der Waals surface area contributed by atoms with E-state index in [-0.39, 0.29) is 11.9 Å². The van der Waals surface area contributed by atoms with Crippen LogP contribution in [0.25, 0.3) is 0 Å². The van der Waals surface area contributed by atoms with Gasteiger partial charge in [0.15, 0.2) is 0 Å². The van der Waals surface area contributed by atoms with E-state index in [0.717, 1.165) is 12.3 Å². The number of nitrogens with one attached hydrogen (secondary N) is 1. The molecule has 0 aromatic heterocycles. The molecule has 118 valence electrons. The lowest BCUT2D eigenvalue weighted by molar-refractivity contribution is -0.143. The Morgan fingerprint density at radius 2 is 1.67 bits per heavy atom. The lowest BCUT2D eigenvalue weighted by atomic mass is 9.85. The van der Waals surface area contributed by atoms with E-state index < -0.39 is 5.97 Å². The summed E-state index contributed by atoms with van der Waals surface area (Å²) in [5.41, 5.74) is 0. The summed E-state index contributed by atoms with van der Waals surface area (Å²) in [5.74, 6) is 0.521. The summed E-state index contributed by atoms with van der Waals surface area (Å²) in [6.45, 7) is 1.15. The fourth-order valence-corrected chi connectivity index (χ4v) is 4.04. The molecular weight excluding hydrogens is 268 g/mol. The maximum Gasteiger partial charge on any atom is 0.317 e. The zero-order chi connectivity index (χ0) is 14.8. The number of hydrogen-bond acceptors (Lipinski definition) is 2. The Labute approximate surface area is 126 Å². The number of nitrogens with zero attached hydrogens (tertiary/aromatic N) is 1. The van der Waals surface area contributed by atoms with Gasteiger partial charge in [0.1, 0.15) is 0 Å². The van der Waals surface area contributed by atoms with Crippen molar-refractivity contribution in [2.24, 2.45) is 17.8 Å². The third-order valence-corrected chi connectivity index (χ3v) is 5.54. The number of carbonyl (C=O) groups excluding carboxylic acids is 1. The third kappa shape index (κ3) is 3.50. The van der Waals surface area contributed by atoms with Gasteiger partial charge < -0.3 is 15.3 Å². The molecule has 0 aromatic rings. The number of hydrogen-bond donors (Lipinski definition) is 2. The van der Waals surface area contributed by atoms with Crippen molar-refractivity contribution in [3.63, 3.8) is 0 Å². The number of carboxylic acid groups (broad SMARTS) is 1. The average Bonchev–Trinajstić information content (AvgIpc) is 3.27. The van der Waals surface area contributed by atoms with Crippen LogP contribution in [0.15, 0.2) is 0 Å². The van der Waals surface area contributed by atoms with Crippen LogP contribution in [0, 0.1) is 17.8 Å². The van der Waals surface area contributed by atoms with Gasteiger partial charge in [0.25, 0.3) is 0 Å². The van der Waals surface area contributed by atoms with Gasteiger partial charge in [0.2, 0.25) is 0 Å². The summed E-state index contributed by atoms with van der Waals surface area (Å²) in [7, 11) is 0. The number of rotatable bonds is 3. The van der Waals surface area contributed by atoms with E-state index in [2.05, 4.69) is 5.32 Å². The minimum absolute atomic E-state index is 0.0159. The molecule has 1 heterocycles. The topological polar surface area (TPSA) is 69.6 Å². The number of piperidine rings is 1. The SMILES string of the molecule is O=C(O)C1CCN(C(=O)N[C@@H]2C[C@H]2C2CCCCC2)CC1. The van der Waals surface area contributed by atoms with Crippen LogP contribution in [0.2, 0.25) is 0 Å². The molecule has 2 aliphatic carbocycles. The highest BCUT2D eigenvalue weighted by atomic mass is 16.4. The van der Waals surface area contributed by atoms with Crippen LogP contribution in [-0.2, 0) is 4.79 Å². The van der Waals surface area contributed by atoms with Crippen molar-refractivity contribution >= 4 is 12.0 Å². The molecule has 5 nitrogen and oxygen atoms in total. The number of aliphatic carboxylic acids is 1. The number of carboxylic acids is 1. The fourth-order valence-electron chi connectivity index (χ4n) is 4.04. The van der Waals surface area contributed by atoms with Gasteiger partial charge in [-0.2, -0.15) is 0 Å². The molecule has 3 fully saturated rings. The minimum Gasteiger partial charge on any atom is -0.481 e. The lowest BCUT2D eigenvalue weighted by Gasteiger charge is -2.30. The van der Waals surface area contributed by atoms with E-state index in [1.54, 1.807) is 4.90 Å². The highest BCUT2D eigenvalue weighted by molar-refractivity contribution is 5.76. The first-order chi connectivity index (χ1) is 10.1. The molecule has 2 amide bonds. The second kappa shape index (κ2) is 6.24. The van der Waals surface area contributed by atoms with E-state index >= 15 is 0 Å². The van der Waals surface area contributed by atoms with Crippen molar-refractivity contribution < 1.29 is 14.7 Å². The molecule has 21 heavy (non-hydrogen) atoms. The molecule has 0 unspecified atom stereocenters. The van der Waals surface area contributed by atoms with Crippen molar-refractivity contribution in [1.82, 2.24) is 10.2 Å². The van der Waals surface area contributed by atoms with Gasteiger partial charge in [-0.3, -0.25) is 4.79 Å². The van der Waals surface area contributed by atoms with Gasteiger partial charge in [0, 0.05) is 19.1 Å². The Kier molecular flexibility index (Phi) is 4.36. The van der Waals surface area contributed by atoms with Gasteiger partial charge >= 0.3 is 12.0 Å². The van der Waals surface area contributed by atoms with E-state index in [0.29, 0.717) is 37.9 Å². The maximum atomic E-state index is 12.2. The van der Waals surface area contributed by atoms with Crippen molar-refractivity contribution in [2.45, 2.75) is 57.4 Å². The van der Waals surface area contributed by atoms with E-state index in [9.17, 15) is 9.59 Å². The molecule has 2 atom stereocenters. The zero-order valence-electron chi connectivity index (χ0n) is 12.6. The third-order valence-electron chi connectivity index (χ3n) is 5.54. The van der Waals surface area contributed by atoms with Crippen LogP contribution in [-0.4, -0.2) is 41.1 Å². The molecule has 1 aliphatic heterocycles. The summed E-state index contributed by atoms with van der Waals surface area (Å²) < 4.78 is 0. The van der Waals surface area contributed by atoms with Crippen molar-refractivity contribution in [3.8, 4) is 0 Å². The lowest BCUT2D eigenvalue weighted by Crippen LogP contribution is -2.46. The molecule has 0 spiro atoms. The summed E-state index contributed by atoms with van der Waals surface area (Å²) in [4.78, 5) is 24.9. The van der Waals surface area contributed by atoms with Crippen molar-refractivity contribution in [3.05, 3.63) is 0 Å². The quantitative estimate of drug-likeness (QED) is 0.840. The molecule has 3 aliphatic rings. The predicted octanol–water partition coefficient (Wildman–Crippen LogP) is 2.46. The number of likely N-dealkylation sites (tertiary alicyclic amines) is 1. The highest BCUT2D eigenvalue weighted by Gasteiger charge is 2.44. The first-order valence-corrected chi connectivity index (χ1v) is 8.43. The Morgan fingerprint density at radius 3 is 2.29 bits per heavy atom. The molecule has 0 bridgehead atoms. The van der Waals surface area contributed by atoms with Crippen LogP contribution in [0.4, 0.5) is 4.79 Å². The molecular formula is C16H26N2O3. The summed E-state index contributed by atoms with van der Waals surface area (Å²) >= 11 is 0. The van der Waals surface area contributed by atoms with Crippen LogP contribution in [0.1, 0.15) is 51.4 Å². The number of amides is 2. The normalized spacial score (nSPS) is 31.0. The zero-order valence-corrected chi connectivity index (χ0v) is 12.6. The molecule has 1 saturated heterocycles. The van der Waals surface area contributed by atoms with Gasteiger partial charge in [-0.15, -0.1) is 0 Å². The van der Waals surface area contributed by atoms with E-state index in [4.69, 9.17) is 5.11 Å². The van der Waals surface area contributed by atoms with Crippen molar-refractivity contribution in [2.75, 3.05) is 13.1 Å². The second-order valence-corrected chi connectivity index (χ2v) is 6.95. The Bertz CT molecular complexity index is 398. The molecule has 0 aromatic carbocycles. The molecule has 5 heteroatoms. The van der Waals surface area contributed by atoms with Crippen LogP contribution in [0.3, 0.4) is 0 Å². The smallest absolute Gasteiger partial charge is 0.317 e. The Morgan fingerprint density at radius 1 is 1.00 bits per heavy atom. The molecule has 3 rings (SSSR count). The summed E-state index contributed by atoms with van der Waals surface area (Å²) in [5, 5.41) is 12.1. The van der Waals surface area contributed by atoms with Crippen LogP contribution >= 0.6 is 0 Å². The minimum atomic E-state index is -0.727. The highest BCUT2D eigenvalue weighted by Crippen LogP contribution is 2.44. The van der Waals surface area contributed by atoms with Gasteiger partial charge in [-0.1, -0.05) is 32.1 Å². The molecule has 2 N–H and O–H groups in total. The predicted molar refractivity (Wildman–Crippen MR) is 78.9 cm³/mol. The van der Waals surface area contributed by atoms with E-state index in [1.165, 1.54) is 32.1 Å². The summed E-state index contributed by atoms with van der Waals surface area (Å²) in [6, 6.07) is 0.389. The van der Waals surface area contributed by atoms with Crippen LogP contribution in [0.5, 0.6) is 0 Å².